The molecular weight excluding hydrogens is 288 g/mol. The van der Waals surface area contributed by atoms with Gasteiger partial charge in [-0.15, -0.1) is 12.4 Å². The molecule has 1 aliphatic rings. The van der Waals surface area contributed by atoms with Crippen LogP contribution in [0, 0.1) is 5.41 Å². The van der Waals surface area contributed by atoms with Crippen molar-refractivity contribution in [3.05, 3.63) is 0 Å². The minimum absolute atomic E-state index is 0. The second-order valence-corrected chi connectivity index (χ2v) is 8.19. The van der Waals surface area contributed by atoms with Gasteiger partial charge in [0.05, 0.1) is 17.9 Å². The van der Waals surface area contributed by atoms with E-state index in [9.17, 15) is 8.42 Å². The normalized spacial score (nSPS) is 24.2. The van der Waals surface area contributed by atoms with Crippen molar-refractivity contribution in [2.24, 2.45) is 5.41 Å². The van der Waals surface area contributed by atoms with E-state index in [2.05, 4.69) is 10.0 Å². The number of halogens is 1. The van der Waals surface area contributed by atoms with E-state index >= 15 is 0 Å². The molecule has 1 saturated heterocycles. The third-order valence-electron chi connectivity index (χ3n) is 3.01. The van der Waals surface area contributed by atoms with Crippen molar-refractivity contribution in [2.45, 2.75) is 39.2 Å². The quantitative estimate of drug-likeness (QED) is 0.771. The lowest BCUT2D eigenvalue weighted by Gasteiger charge is -2.29. The number of hydrogen-bond acceptors (Lipinski definition) is 4. The van der Waals surface area contributed by atoms with Crippen LogP contribution in [0.25, 0.3) is 0 Å². The summed E-state index contributed by atoms with van der Waals surface area (Å²) < 4.78 is 31.9. The van der Waals surface area contributed by atoms with Crippen LogP contribution in [0.15, 0.2) is 0 Å². The molecule has 2 N–H and O–H groups in total. The first kappa shape index (κ1) is 19.1. The number of nitrogens with one attached hydrogen (secondary N) is 2. The summed E-state index contributed by atoms with van der Waals surface area (Å²) in [5.74, 6) is 0.142. The molecule has 1 heterocycles. The Morgan fingerprint density at radius 2 is 2.00 bits per heavy atom. The van der Waals surface area contributed by atoms with E-state index in [-0.39, 0.29) is 29.1 Å². The van der Waals surface area contributed by atoms with Crippen molar-refractivity contribution in [1.82, 2.24) is 10.0 Å². The second-order valence-electron chi connectivity index (χ2n) is 6.38. The Labute approximate surface area is 123 Å². The van der Waals surface area contributed by atoms with Gasteiger partial charge in [-0.2, -0.15) is 0 Å². The Morgan fingerprint density at radius 1 is 1.37 bits per heavy atom. The van der Waals surface area contributed by atoms with Gasteiger partial charge in [-0.3, -0.25) is 0 Å². The molecule has 0 aromatic heterocycles. The van der Waals surface area contributed by atoms with Crippen LogP contribution in [-0.2, 0) is 14.8 Å². The van der Waals surface area contributed by atoms with Crippen LogP contribution in [0.4, 0.5) is 0 Å². The zero-order valence-corrected chi connectivity index (χ0v) is 13.9. The highest BCUT2D eigenvalue weighted by molar-refractivity contribution is 7.89. The topological polar surface area (TPSA) is 67.4 Å². The maximum Gasteiger partial charge on any atom is 0.212 e. The molecule has 7 heteroatoms. The number of hydrogen-bond donors (Lipinski definition) is 2. The van der Waals surface area contributed by atoms with Gasteiger partial charge in [-0.25, -0.2) is 13.1 Å². The van der Waals surface area contributed by atoms with E-state index < -0.39 is 10.0 Å². The summed E-state index contributed by atoms with van der Waals surface area (Å²) in [5.41, 5.74) is -0.469. The molecule has 19 heavy (non-hydrogen) atoms. The first-order valence-electron chi connectivity index (χ1n) is 6.39. The van der Waals surface area contributed by atoms with Gasteiger partial charge in [-0.05, 0) is 24.8 Å². The zero-order chi connectivity index (χ0) is 13.9. The van der Waals surface area contributed by atoms with Gasteiger partial charge in [0.25, 0.3) is 0 Å². The van der Waals surface area contributed by atoms with E-state index in [0.29, 0.717) is 13.2 Å². The highest BCUT2D eigenvalue weighted by Crippen LogP contribution is 2.20. The lowest BCUT2D eigenvalue weighted by Crippen LogP contribution is -2.53. The SMILES string of the molecule is COCC1(CNS(=O)(=O)CC(C)(C)C)CCCN1.Cl. The van der Waals surface area contributed by atoms with Crippen molar-refractivity contribution in [3.8, 4) is 0 Å². The third kappa shape index (κ3) is 6.90. The van der Waals surface area contributed by atoms with Crippen LogP contribution in [0.2, 0.25) is 0 Å². The van der Waals surface area contributed by atoms with Crippen LogP contribution in [0.5, 0.6) is 0 Å². The molecule has 0 aromatic rings. The lowest BCUT2D eigenvalue weighted by molar-refractivity contribution is 0.122. The van der Waals surface area contributed by atoms with E-state index in [4.69, 9.17) is 4.74 Å². The van der Waals surface area contributed by atoms with Gasteiger partial charge in [0, 0.05) is 13.7 Å². The average molecular weight is 315 g/mol. The summed E-state index contributed by atoms with van der Waals surface area (Å²) in [6.07, 6.45) is 2.00. The molecule has 0 amide bonds. The van der Waals surface area contributed by atoms with Gasteiger partial charge in [-0.1, -0.05) is 20.8 Å². The molecule has 1 fully saturated rings. The van der Waals surface area contributed by atoms with Crippen LogP contribution < -0.4 is 10.0 Å². The maximum absolute atomic E-state index is 12.0. The Hall–Kier alpha value is 0.120. The first-order chi connectivity index (χ1) is 8.18. The number of sulfonamides is 1. The van der Waals surface area contributed by atoms with E-state index in [0.717, 1.165) is 19.4 Å². The van der Waals surface area contributed by atoms with E-state index in [1.54, 1.807) is 7.11 Å². The molecule has 0 spiro atoms. The van der Waals surface area contributed by atoms with Crippen molar-refractivity contribution in [1.29, 1.82) is 0 Å². The summed E-state index contributed by atoms with van der Waals surface area (Å²) in [5, 5.41) is 3.35. The van der Waals surface area contributed by atoms with Crippen molar-refractivity contribution in [2.75, 3.05) is 32.6 Å². The van der Waals surface area contributed by atoms with Crippen LogP contribution in [-0.4, -0.2) is 46.5 Å². The Morgan fingerprint density at radius 3 is 2.42 bits per heavy atom. The first-order valence-corrected chi connectivity index (χ1v) is 8.05. The fraction of sp³-hybridized carbons (Fsp3) is 1.00. The molecule has 1 atom stereocenters. The Balaban J connectivity index is 0.00000324. The average Bonchev–Trinajstić information content (AvgIpc) is 2.61. The second kappa shape index (κ2) is 7.22. The standard InChI is InChI=1S/C12H26N2O3S.ClH/c1-11(2,3)10-18(15,16)14-8-12(9-17-4)6-5-7-13-12;/h13-14H,5-10H2,1-4H3;1H. The number of ether oxygens (including phenoxy) is 1. The smallest absolute Gasteiger partial charge is 0.212 e. The Bertz CT molecular complexity index is 360. The molecule has 0 saturated carbocycles. The maximum atomic E-state index is 12.0. The van der Waals surface area contributed by atoms with Gasteiger partial charge >= 0.3 is 0 Å². The molecule has 1 rings (SSSR count). The van der Waals surface area contributed by atoms with Crippen molar-refractivity contribution in [3.63, 3.8) is 0 Å². The third-order valence-corrected chi connectivity index (χ3v) is 4.84. The Kier molecular flexibility index (Phi) is 7.27. The zero-order valence-electron chi connectivity index (χ0n) is 12.3. The van der Waals surface area contributed by atoms with Crippen LogP contribution >= 0.6 is 12.4 Å². The van der Waals surface area contributed by atoms with Gasteiger partial charge < -0.3 is 10.1 Å². The van der Waals surface area contributed by atoms with Crippen LogP contribution in [0.3, 0.4) is 0 Å². The number of methoxy groups -OCH3 is 1. The molecule has 116 valence electrons. The number of rotatable bonds is 6. The largest absolute Gasteiger partial charge is 0.383 e. The van der Waals surface area contributed by atoms with E-state index in [1.807, 2.05) is 20.8 Å². The van der Waals surface area contributed by atoms with Crippen molar-refractivity contribution >= 4 is 22.4 Å². The van der Waals surface area contributed by atoms with E-state index in [1.165, 1.54) is 0 Å². The molecule has 0 aliphatic carbocycles. The summed E-state index contributed by atoms with van der Waals surface area (Å²) in [6, 6.07) is 0. The fourth-order valence-corrected chi connectivity index (χ4v) is 4.08. The summed E-state index contributed by atoms with van der Waals surface area (Å²) in [6.45, 7) is 7.62. The highest BCUT2D eigenvalue weighted by atomic mass is 35.5. The summed E-state index contributed by atoms with van der Waals surface area (Å²) >= 11 is 0. The molecule has 0 radical (unpaired) electrons. The molecular formula is C12H27ClN2O3S. The van der Waals surface area contributed by atoms with Crippen LogP contribution in [0.1, 0.15) is 33.6 Å². The monoisotopic (exact) mass is 314 g/mol. The van der Waals surface area contributed by atoms with Gasteiger partial charge in [0.2, 0.25) is 10.0 Å². The van der Waals surface area contributed by atoms with Gasteiger partial charge in [0.1, 0.15) is 0 Å². The summed E-state index contributed by atoms with van der Waals surface area (Å²) in [7, 11) is -1.58. The molecule has 1 unspecified atom stereocenters. The van der Waals surface area contributed by atoms with Crippen molar-refractivity contribution < 1.29 is 13.2 Å². The predicted molar refractivity (Wildman–Crippen MR) is 80.3 cm³/mol. The predicted octanol–water partition coefficient (Wildman–Crippen LogP) is 1.14. The minimum atomic E-state index is -3.23. The molecule has 1 aliphatic heterocycles. The molecule has 5 nitrogen and oxygen atoms in total. The summed E-state index contributed by atoms with van der Waals surface area (Å²) in [4.78, 5) is 0. The molecule has 0 aromatic carbocycles. The highest BCUT2D eigenvalue weighted by Gasteiger charge is 2.35. The fourth-order valence-electron chi connectivity index (χ4n) is 2.34. The minimum Gasteiger partial charge on any atom is -0.383 e. The van der Waals surface area contributed by atoms with Gasteiger partial charge in [0.15, 0.2) is 0 Å². The molecule has 0 bridgehead atoms. The lowest BCUT2D eigenvalue weighted by atomic mass is 9.99.